The van der Waals surface area contributed by atoms with Crippen molar-refractivity contribution in [2.75, 3.05) is 26.3 Å². The Morgan fingerprint density at radius 3 is 2.39 bits per heavy atom. The number of aromatic amines is 1. The number of para-hydroxylation sites is 1. The highest BCUT2D eigenvalue weighted by Gasteiger charge is 1.98. The van der Waals surface area contributed by atoms with E-state index >= 15 is 0 Å². The number of hydrogen-bond acceptors (Lipinski definition) is 6. The van der Waals surface area contributed by atoms with Crippen LogP contribution in [0.25, 0.3) is 10.9 Å². The van der Waals surface area contributed by atoms with Crippen molar-refractivity contribution in [2.45, 2.75) is 13.3 Å². The van der Waals surface area contributed by atoms with E-state index in [-0.39, 0.29) is 13.1 Å². The average Bonchev–Trinajstić information content (AvgIpc) is 3.01. The predicted octanol–water partition coefficient (Wildman–Crippen LogP) is 1.19. The summed E-state index contributed by atoms with van der Waals surface area (Å²) < 4.78 is 5.31. The molecule has 1 heterocycles. The molecule has 0 aliphatic rings. The quantitative estimate of drug-likeness (QED) is 0.273. The molecule has 6 N–H and O–H groups in total. The summed E-state index contributed by atoms with van der Waals surface area (Å²) in [6.07, 6.45) is 0.961. The minimum absolute atomic E-state index is 0.258. The SMILES string of the molecule is CCOCCc1cc2ccccc2[nH]1.N#CCNCC#N.NN. The molecule has 23 heavy (non-hydrogen) atoms. The first kappa shape index (κ1) is 20.6. The van der Waals surface area contributed by atoms with Crippen molar-refractivity contribution in [2.24, 2.45) is 11.7 Å². The summed E-state index contributed by atoms with van der Waals surface area (Å²) >= 11 is 0. The number of H-pyrrole nitrogens is 1. The second kappa shape index (κ2) is 14.5. The van der Waals surface area contributed by atoms with E-state index in [2.05, 4.69) is 46.3 Å². The van der Waals surface area contributed by atoms with E-state index in [1.165, 1.54) is 16.6 Å². The molecule has 0 unspecified atom stereocenters. The predicted molar refractivity (Wildman–Crippen MR) is 91.0 cm³/mol. The Kier molecular flexibility index (Phi) is 13.0. The number of hydrazine groups is 1. The molecular formula is C16H24N6O. The number of nitrogens with one attached hydrogen (secondary N) is 2. The van der Waals surface area contributed by atoms with Crippen LogP contribution in [-0.4, -0.2) is 31.3 Å². The third kappa shape index (κ3) is 9.25. The smallest absolute Gasteiger partial charge is 0.0848 e. The van der Waals surface area contributed by atoms with Gasteiger partial charge in [-0.1, -0.05) is 18.2 Å². The van der Waals surface area contributed by atoms with Crippen LogP contribution in [0.5, 0.6) is 0 Å². The number of aromatic nitrogens is 1. The van der Waals surface area contributed by atoms with E-state index in [9.17, 15) is 0 Å². The first-order valence-corrected chi connectivity index (χ1v) is 7.24. The molecule has 0 spiro atoms. The highest BCUT2D eigenvalue weighted by Crippen LogP contribution is 2.14. The first-order chi connectivity index (χ1) is 11.3. The molecule has 0 aliphatic heterocycles. The zero-order valence-electron chi connectivity index (χ0n) is 13.4. The van der Waals surface area contributed by atoms with Crippen LogP contribution in [0.3, 0.4) is 0 Å². The molecule has 0 bridgehead atoms. The fraction of sp³-hybridized carbons (Fsp3) is 0.375. The van der Waals surface area contributed by atoms with Crippen molar-refractivity contribution in [3.05, 3.63) is 36.0 Å². The van der Waals surface area contributed by atoms with Gasteiger partial charge >= 0.3 is 0 Å². The van der Waals surface area contributed by atoms with E-state index < -0.39 is 0 Å². The van der Waals surface area contributed by atoms with E-state index in [1.807, 2.05) is 25.1 Å². The van der Waals surface area contributed by atoms with Gasteiger partial charge < -0.3 is 9.72 Å². The van der Waals surface area contributed by atoms with Crippen molar-refractivity contribution in [1.29, 1.82) is 10.5 Å². The Hall–Kier alpha value is -2.42. The van der Waals surface area contributed by atoms with Crippen molar-refractivity contribution < 1.29 is 4.74 Å². The zero-order valence-corrected chi connectivity index (χ0v) is 13.4. The molecule has 0 saturated carbocycles. The normalized spacial score (nSPS) is 8.91. The maximum Gasteiger partial charge on any atom is 0.0848 e. The highest BCUT2D eigenvalue weighted by atomic mass is 16.5. The van der Waals surface area contributed by atoms with Gasteiger partial charge in [0.1, 0.15) is 0 Å². The van der Waals surface area contributed by atoms with E-state index in [0.29, 0.717) is 0 Å². The molecule has 1 aromatic carbocycles. The van der Waals surface area contributed by atoms with Crippen LogP contribution < -0.4 is 17.0 Å². The summed E-state index contributed by atoms with van der Waals surface area (Å²) in [7, 11) is 0. The molecule has 0 amide bonds. The topological polar surface area (TPSA) is 137 Å². The van der Waals surface area contributed by atoms with E-state index in [0.717, 1.165) is 19.6 Å². The van der Waals surface area contributed by atoms with Gasteiger partial charge in [-0.3, -0.25) is 17.0 Å². The van der Waals surface area contributed by atoms with Crippen LogP contribution in [0, 0.1) is 22.7 Å². The molecule has 7 nitrogen and oxygen atoms in total. The number of rotatable bonds is 6. The molecule has 2 rings (SSSR count). The van der Waals surface area contributed by atoms with E-state index in [1.54, 1.807) is 0 Å². The number of nitrogens with zero attached hydrogens (tertiary/aromatic N) is 2. The van der Waals surface area contributed by atoms with Gasteiger partial charge in [0.2, 0.25) is 0 Å². The Balaban J connectivity index is 0.000000460. The molecule has 7 heteroatoms. The molecule has 0 saturated heterocycles. The summed E-state index contributed by atoms with van der Waals surface area (Å²) in [6.45, 7) is 4.12. The van der Waals surface area contributed by atoms with Crippen LogP contribution in [0.2, 0.25) is 0 Å². The molecule has 2 aromatic rings. The molecule has 0 aliphatic carbocycles. The van der Waals surface area contributed by atoms with Gasteiger partial charge in [-0.05, 0) is 24.4 Å². The second-order valence-corrected chi connectivity index (χ2v) is 4.25. The maximum atomic E-state index is 7.87. The number of ether oxygens (including phenoxy) is 1. The van der Waals surface area contributed by atoms with Gasteiger partial charge in [-0.15, -0.1) is 0 Å². The molecule has 0 fully saturated rings. The van der Waals surface area contributed by atoms with Gasteiger partial charge in [0.25, 0.3) is 0 Å². The van der Waals surface area contributed by atoms with Crippen LogP contribution in [0.4, 0.5) is 0 Å². The maximum absolute atomic E-state index is 7.87. The first-order valence-electron chi connectivity index (χ1n) is 7.24. The average molecular weight is 316 g/mol. The Labute approximate surface area is 136 Å². The van der Waals surface area contributed by atoms with Crippen LogP contribution in [-0.2, 0) is 11.2 Å². The highest BCUT2D eigenvalue weighted by molar-refractivity contribution is 5.80. The molecule has 0 atom stereocenters. The van der Waals surface area contributed by atoms with Gasteiger partial charge in [-0.2, -0.15) is 10.5 Å². The summed E-state index contributed by atoms with van der Waals surface area (Å²) in [4.78, 5) is 3.37. The molecular weight excluding hydrogens is 292 g/mol. The number of benzene rings is 1. The van der Waals surface area contributed by atoms with Crippen LogP contribution in [0.1, 0.15) is 12.6 Å². The lowest BCUT2D eigenvalue weighted by Gasteiger charge is -1.97. The summed E-state index contributed by atoms with van der Waals surface area (Å²) in [6, 6.07) is 14.2. The van der Waals surface area contributed by atoms with Gasteiger partial charge in [-0.25, -0.2) is 0 Å². The number of fused-ring (bicyclic) bond motifs is 1. The van der Waals surface area contributed by atoms with Crippen LogP contribution in [0.15, 0.2) is 30.3 Å². The molecule has 0 radical (unpaired) electrons. The lowest BCUT2D eigenvalue weighted by Crippen LogP contribution is -2.12. The molecule has 124 valence electrons. The largest absolute Gasteiger partial charge is 0.381 e. The number of hydrogen-bond donors (Lipinski definition) is 4. The minimum Gasteiger partial charge on any atom is -0.381 e. The van der Waals surface area contributed by atoms with Crippen molar-refractivity contribution in [3.8, 4) is 12.1 Å². The monoisotopic (exact) mass is 316 g/mol. The third-order valence-electron chi connectivity index (χ3n) is 2.71. The number of nitrogens with two attached hydrogens (primary N) is 2. The standard InChI is InChI=1S/C12H15NO.C4H5N3.H4N2/c1-2-14-8-7-11-9-10-5-3-4-6-12(10)13-11;5-1-3-7-4-2-6;1-2/h3-6,9,13H,2,7-8H2,1H3;7H,3-4H2;1-2H2. The summed E-state index contributed by atoms with van der Waals surface area (Å²) in [5, 5.41) is 19.6. The van der Waals surface area contributed by atoms with Crippen molar-refractivity contribution in [1.82, 2.24) is 10.3 Å². The zero-order chi connectivity index (χ0) is 17.3. The Morgan fingerprint density at radius 2 is 1.83 bits per heavy atom. The van der Waals surface area contributed by atoms with Crippen molar-refractivity contribution in [3.63, 3.8) is 0 Å². The fourth-order valence-electron chi connectivity index (χ4n) is 1.77. The Morgan fingerprint density at radius 1 is 1.17 bits per heavy atom. The number of nitriles is 2. The lowest BCUT2D eigenvalue weighted by molar-refractivity contribution is 0.150. The lowest BCUT2D eigenvalue weighted by atomic mass is 10.2. The van der Waals surface area contributed by atoms with E-state index in [4.69, 9.17) is 15.3 Å². The third-order valence-corrected chi connectivity index (χ3v) is 2.71. The van der Waals surface area contributed by atoms with Gasteiger partial charge in [0.15, 0.2) is 0 Å². The van der Waals surface area contributed by atoms with Gasteiger partial charge in [0.05, 0.1) is 31.8 Å². The second-order valence-electron chi connectivity index (χ2n) is 4.25. The molecule has 1 aromatic heterocycles. The summed E-state index contributed by atoms with van der Waals surface area (Å²) in [5.41, 5.74) is 2.46. The van der Waals surface area contributed by atoms with Gasteiger partial charge in [0, 0.05) is 24.2 Å². The fourth-order valence-corrected chi connectivity index (χ4v) is 1.77. The Bertz CT molecular complexity index is 564. The summed E-state index contributed by atoms with van der Waals surface area (Å²) in [5.74, 6) is 8.00. The minimum atomic E-state index is 0.258. The van der Waals surface area contributed by atoms with Crippen LogP contribution >= 0.6 is 0 Å². The van der Waals surface area contributed by atoms with Crippen molar-refractivity contribution >= 4 is 10.9 Å².